The Balaban J connectivity index is 1.87. The third kappa shape index (κ3) is 4.13. The maximum Gasteiger partial charge on any atom is 0.293 e. The molecule has 0 unspecified atom stereocenters. The van der Waals surface area contributed by atoms with Crippen molar-refractivity contribution in [2.75, 3.05) is 0 Å². The van der Waals surface area contributed by atoms with Crippen LogP contribution in [0.1, 0.15) is 11.1 Å². The molecule has 0 aliphatic carbocycles. The first-order valence-corrected chi connectivity index (χ1v) is 9.68. The van der Waals surface area contributed by atoms with Crippen molar-refractivity contribution in [3.05, 3.63) is 66.0 Å². The summed E-state index contributed by atoms with van der Waals surface area (Å²) in [5.74, 6) is -0.368. The quantitative estimate of drug-likeness (QED) is 0.439. The lowest BCUT2D eigenvalue weighted by Crippen LogP contribution is -2.27. The molecule has 2 aromatic rings. The summed E-state index contributed by atoms with van der Waals surface area (Å²) in [5, 5.41) is 10.4. The monoisotopic (exact) mass is 505 g/mol. The van der Waals surface area contributed by atoms with Crippen LogP contribution in [0.25, 0.3) is 6.08 Å². The summed E-state index contributed by atoms with van der Waals surface area (Å²) in [6.45, 7) is 0.0658. The second kappa shape index (κ2) is 7.57. The number of carbonyl (C=O) groups excluding carboxylic acids is 2. The summed E-state index contributed by atoms with van der Waals surface area (Å²) < 4.78 is 0.911. The highest BCUT2D eigenvalue weighted by atomic mass is 127. The summed E-state index contributed by atoms with van der Waals surface area (Å²) in [7, 11) is 0. The molecular formula is C17H10Cl2INO3S. The van der Waals surface area contributed by atoms with Crippen molar-refractivity contribution >= 4 is 74.8 Å². The van der Waals surface area contributed by atoms with Crippen molar-refractivity contribution in [3.63, 3.8) is 0 Å². The molecular weight excluding hydrogens is 496 g/mol. The lowest BCUT2D eigenvalue weighted by molar-refractivity contribution is -0.123. The van der Waals surface area contributed by atoms with Gasteiger partial charge in [-0.15, -0.1) is 0 Å². The largest absolute Gasteiger partial charge is 0.507 e. The van der Waals surface area contributed by atoms with Gasteiger partial charge < -0.3 is 5.11 Å². The maximum absolute atomic E-state index is 12.6. The van der Waals surface area contributed by atoms with E-state index in [1.807, 2.05) is 0 Å². The Labute approximate surface area is 171 Å². The zero-order chi connectivity index (χ0) is 18.1. The van der Waals surface area contributed by atoms with Gasteiger partial charge in [0.15, 0.2) is 0 Å². The number of hydrogen-bond donors (Lipinski definition) is 1. The van der Waals surface area contributed by atoms with Crippen LogP contribution in [-0.4, -0.2) is 21.2 Å². The number of carbonyl (C=O) groups is 2. The number of phenolic OH excluding ortho intramolecular Hbond substituents is 1. The first-order chi connectivity index (χ1) is 11.8. The molecule has 3 rings (SSSR count). The average molecular weight is 506 g/mol. The minimum Gasteiger partial charge on any atom is -0.507 e. The van der Waals surface area contributed by atoms with Gasteiger partial charge in [0.1, 0.15) is 5.75 Å². The average Bonchev–Trinajstić information content (AvgIpc) is 2.81. The topological polar surface area (TPSA) is 57.6 Å². The van der Waals surface area contributed by atoms with Crippen molar-refractivity contribution in [1.29, 1.82) is 0 Å². The zero-order valence-electron chi connectivity index (χ0n) is 12.5. The van der Waals surface area contributed by atoms with E-state index < -0.39 is 5.91 Å². The smallest absolute Gasteiger partial charge is 0.293 e. The maximum atomic E-state index is 12.6. The van der Waals surface area contributed by atoms with Crippen molar-refractivity contribution in [2.24, 2.45) is 0 Å². The molecule has 25 heavy (non-hydrogen) atoms. The van der Waals surface area contributed by atoms with Gasteiger partial charge in [0.25, 0.3) is 11.1 Å². The van der Waals surface area contributed by atoms with Crippen molar-refractivity contribution in [2.45, 2.75) is 6.54 Å². The predicted molar refractivity (Wildman–Crippen MR) is 109 cm³/mol. The Hall–Kier alpha value is -1.22. The Morgan fingerprint density at radius 2 is 1.92 bits per heavy atom. The van der Waals surface area contributed by atoms with Gasteiger partial charge in [0.05, 0.1) is 11.4 Å². The van der Waals surface area contributed by atoms with E-state index in [9.17, 15) is 14.7 Å². The van der Waals surface area contributed by atoms with Gasteiger partial charge >= 0.3 is 0 Å². The fraction of sp³-hybridized carbons (Fsp3) is 0.0588. The van der Waals surface area contributed by atoms with Crippen LogP contribution in [0.2, 0.25) is 10.0 Å². The van der Waals surface area contributed by atoms with Crippen molar-refractivity contribution in [3.8, 4) is 5.75 Å². The third-order valence-corrected chi connectivity index (χ3v) is 5.66. The molecule has 1 saturated heterocycles. The third-order valence-electron chi connectivity index (χ3n) is 3.49. The molecule has 0 saturated carbocycles. The van der Waals surface area contributed by atoms with Crippen LogP contribution in [0.4, 0.5) is 4.79 Å². The van der Waals surface area contributed by atoms with Crippen LogP contribution in [0, 0.1) is 3.57 Å². The SMILES string of the molecule is O=C1S/C(=C\c2cc(I)ccc2O)C(=O)N1Cc1ccc(Cl)cc1Cl. The molecule has 0 aromatic heterocycles. The lowest BCUT2D eigenvalue weighted by atomic mass is 10.2. The van der Waals surface area contributed by atoms with Crippen molar-refractivity contribution in [1.82, 2.24) is 4.90 Å². The van der Waals surface area contributed by atoms with Crippen LogP contribution >= 0.6 is 57.6 Å². The van der Waals surface area contributed by atoms with E-state index in [4.69, 9.17) is 23.2 Å². The van der Waals surface area contributed by atoms with Gasteiger partial charge in [0, 0.05) is 19.2 Å². The molecule has 0 spiro atoms. The van der Waals surface area contributed by atoms with Crippen LogP contribution < -0.4 is 0 Å². The normalized spacial score (nSPS) is 16.1. The molecule has 0 radical (unpaired) electrons. The first kappa shape index (κ1) is 18.6. The molecule has 2 amide bonds. The number of hydrogen-bond acceptors (Lipinski definition) is 4. The van der Waals surface area contributed by atoms with Gasteiger partial charge in [-0.05, 0) is 76.3 Å². The highest BCUT2D eigenvalue weighted by molar-refractivity contribution is 14.1. The van der Waals surface area contributed by atoms with E-state index in [-0.39, 0.29) is 22.4 Å². The van der Waals surface area contributed by atoms with E-state index in [1.54, 1.807) is 36.4 Å². The van der Waals surface area contributed by atoms with E-state index in [0.29, 0.717) is 21.2 Å². The van der Waals surface area contributed by atoms with Crippen LogP contribution in [0.3, 0.4) is 0 Å². The van der Waals surface area contributed by atoms with E-state index >= 15 is 0 Å². The number of phenols is 1. The summed E-state index contributed by atoms with van der Waals surface area (Å²) >= 11 is 14.9. The number of amides is 2. The summed E-state index contributed by atoms with van der Waals surface area (Å²) in [6.07, 6.45) is 1.52. The molecule has 1 heterocycles. The van der Waals surface area contributed by atoms with Gasteiger partial charge in [-0.25, -0.2) is 0 Å². The molecule has 1 N–H and O–H groups in total. The van der Waals surface area contributed by atoms with E-state index in [1.165, 1.54) is 6.08 Å². The number of rotatable bonds is 3. The second-order valence-corrected chi connectivity index (χ2v) is 8.29. The predicted octanol–water partition coefficient (Wildman–Crippen LogP) is 5.54. The highest BCUT2D eigenvalue weighted by Gasteiger charge is 2.35. The standard InChI is InChI=1S/C17H10Cl2INO3S/c18-11-2-1-9(13(19)7-11)8-21-16(23)15(25-17(21)24)6-10-5-12(20)3-4-14(10)22/h1-7,22H,8H2/b15-6-. The molecule has 128 valence electrons. The van der Waals surface area contributed by atoms with Crippen LogP contribution in [0.5, 0.6) is 5.75 Å². The number of nitrogens with zero attached hydrogens (tertiary/aromatic N) is 1. The number of thioether (sulfide) groups is 1. The van der Waals surface area contributed by atoms with Gasteiger partial charge in [-0.2, -0.15) is 0 Å². The molecule has 1 fully saturated rings. The molecule has 1 aliphatic rings. The Bertz CT molecular complexity index is 917. The molecule has 1 aliphatic heterocycles. The molecule has 0 bridgehead atoms. The Kier molecular flexibility index (Phi) is 5.62. The molecule has 0 atom stereocenters. The van der Waals surface area contributed by atoms with E-state index in [0.717, 1.165) is 20.2 Å². The number of aromatic hydroxyl groups is 1. The lowest BCUT2D eigenvalue weighted by Gasteiger charge is -2.13. The van der Waals surface area contributed by atoms with Gasteiger partial charge in [-0.1, -0.05) is 29.3 Å². The number of halogens is 3. The summed E-state index contributed by atoms with van der Waals surface area (Å²) in [6, 6.07) is 9.94. The summed E-state index contributed by atoms with van der Waals surface area (Å²) in [5.41, 5.74) is 1.12. The fourth-order valence-electron chi connectivity index (χ4n) is 2.24. The zero-order valence-corrected chi connectivity index (χ0v) is 17.0. The van der Waals surface area contributed by atoms with Crippen LogP contribution in [-0.2, 0) is 11.3 Å². The fourth-order valence-corrected chi connectivity index (χ4v) is 4.05. The second-order valence-electron chi connectivity index (χ2n) is 5.21. The first-order valence-electron chi connectivity index (χ1n) is 7.03. The minimum atomic E-state index is -0.417. The van der Waals surface area contributed by atoms with Crippen molar-refractivity contribution < 1.29 is 14.7 Å². The number of imide groups is 1. The minimum absolute atomic E-state index is 0.0490. The van der Waals surface area contributed by atoms with Gasteiger partial charge in [0.2, 0.25) is 0 Å². The highest BCUT2D eigenvalue weighted by Crippen LogP contribution is 2.35. The molecule has 4 nitrogen and oxygen atoms in total. The summed E-state index contributed by atoms with van der Waals surface area (Å²) in [4.78, 5) is 26.2. The Morgan fingerprint density at radius 3 is 2.64 bits per heavy atom. The number of benzene rings is 2. The van der Waals surface area contributed by atoms with E-state index in [2.05, 4.69) is 22.6 Å². The Morgan fingerprint density at radius 1 is 1.16 bits per heavy atom. The van der Waals surface area contributed by atoms with Crippen LogP contribution in [0.15, 0.2) is 41.3 Å². The molecule has 8 heteroatoms. The molecule has 2 aromatic carbocycles. The van der Waals surface area contributed by atoms with Gasteiger partial charge in [-0.3, -0.25) is 14.5 Å².